The lowest BCUT2D eigenvalue weighted by Crippen LogP contribution is -2.20. The van der Waals surface area contributed by atoms with E-state index in [-0.39, 0.29) is 5.56 Å². The predicted molar refractivity (Wildman–Crippen MR) is 93.7 cm³/mol. The second kappa shape index (κ2) is 6.05. The smallest absolute Gasteiger partial charge is 0.262 e. The number of aromatic nitrogens is 2. The number of hydrogen-bond donors (Lipinski definition) is 0. The number of nitrogens with zero attached hydrogens (tertiary/aromatic N) is 2. The zero-order chi connectivity index (χ0) is 15.7. The molecular formula is C18H20N2OS. The van der Waals surface area contributed by atoms with Crippen LogP contribution in [0.5, 0.6) is 0 Å². The van der Waals surface area contributed by atoms with E-state index >= 15 is 0 Å². The highest BCUT2D eigenvalue weighted by atomic mass is 32.1. The van der Waals surface area contributed by atoms with E-state index in [0.717, 1.165) is 27.8 Å². The summed E-state index contributed by atoms with van der Waals surface area (Å²) >= 11 is 1.54. The average molecular weight is 312 g/mol. The Morgan fingerprint density at radius 2 is 1.95 bits per heavy atom. The van der Waals surface area contributed by atoms with Crippen molar-refractivity contribution in [3.05, 3.63) is 51.9 Å². The SMILES string of the molecule is CCCn1cnc2scc(-c3ccc(C(C)C)cc3)c2c1=O. The molecular weight excluding hydrogens is 292 g/mol. The van der Waals surface area contributed by atoms with Crippen LogP contribution in [0, 0.1) is 0 Å². The molecule has 0 aliphatic carbocycles. The Balaban J connectivity index is 2.14. The van der Waals surface area contributed by atoms with E-state index < -0.39 is 0 Å². The molecule has 0 amide bonds. The van der Waals surface area contributed by atoms with E-state index in [1.54, 1.807) is 10.9 Å². The molecule has 4 heteroatoms. The predicted octanol–water partition coefficient (Wildman–Crippen LogP) is 4.66. The van der Waals surface area contributed by atoms with E-state index in [2.05, 4.69) is 50.0 Å². The maximum Gasteiger partial charge on any atom is 0.262 e. The summed E-state index contributed by atoms with van der Waals surface area (Å²) in [5.74, 6) is 0.511. The van der Waals surface area contributed by atoms with Crippen molar-refractivity contribution in [3.63, 3.8) is 0 Å². The van der Waals surface area contributed by atoms with Crippen LogP contribution in [0.4, 0.5) is 0 Å². The van der Waals surface area contributed by atoms with Crippen molar-refractivity contribution in [2.75, 3.05) is 0 Å². The molecule has 0 atom stereocenters. The molecule has 3 nitrogen and oxygen atoms in total. The van der Waals surface area contributed by atoms with Crippen molar-refractivity contribution in [3.8, 4) is 11.1 Å². The highest BCUT2D eigenvalue weighted by Crippen LogP contribution is 2.31. The normalized spacial score (nSPS) is 11.5. The number of thiophene rings is 1. The first-order chi connectivity index (χ1) is 10.6. The Kier molecular flexibility index (Phi) is 4.12. The van der Waals surface area contributed by atoms with Crippen LogP contribution in [-0.2, 0) is 6.54 Å². The van der Waals surface area contributed by atoms with E-state index in [1.165, 1.54) is 16.9 Å². The lowest BCUT2D eigenvalue weighted by Gasteiger charge is -2.07. The van der Waals surface area contributed by atoms with Gasteiger partial charge >= 0.3 is 0 Å². The minimum absolute atomic E-state index is 0.0658. The van der Waals surface area contributed by atoms with Crippen LogP contribution >= 0.6 is 11.3 Å². The summed E-state index contributed by atoms with van der Waals surface area (Å²) in [6.07, 6.45) is 2.59. The molecule has 2 aromatic heterocycles. The van der Waals surface area contributed by atoms with Crippen molar-refractivity contribution in [1.82, 2.24) is 9.55 Å². The van der Waals surface area contributed by atoms with Crippen LogP contribution < -0.4 is 5.56 Å². The Bertz CT molecular complexity index is 844. The summed E-state index contributed by atoms with van der Waals surface area (Å²) in [5, 5.41) is 2.79. The molecule has 3 rings (SSSR count). The summed E-state index contributed by atoms with van der Waals surface area (Å²) in [7, 11) is 0. The van der Waals surface area contributed by atoms with E-state index in [0.29, 0.717) is 12.5 Å². The molecule has 0 N–H and O–H groups in total. The molecule has 0 aliphatic rings. The van der Waals surface area contributed by atoms with Gasteiger partial charge in [0.15, 0.2) is 0 Å². The van der Waals surface area contributed by atoms with Gasteiger partial charge in [-0.2, -0.15) is 0 Å². The van der Waals surface area contributed by atoms with Gasteiger partial charge in [-0.25, -0.2) is 4.98 Å². The Morgan fingerprint density at radius 3 is 2.59 bits per heavy atom. The molecule has 0 radical (unpaired) electrons. The van der Waals surface area contributed by atoms with Crippen molar-refractivity contribution in [2.45, 2.75) is 39.7 Å². The number of aryl methyl sites for hydroxylation is 1. The molecule has 0 aliphatic heterocycles. The molecule has 0 saturated carbocycles. The fourth-order valence-corrected chi connectivity index (χ4v) is 3.53. The lowest BCUT2D eigenvalue weighted by molar-refractivity contribution is 0.648. The van der Waals surface area contributed by atoms with Crippen LogP contribution in [0.15, 0.2) is 40.8 Å². The van der Waals surface area contributed by atoms with E-state index in [4.69, 9.17) is 0 Å². The van der Waals surface area contributed by atoms with Gasteiger partial charge in [0.1, 0.15) is 4.83 Å². The minimum atomic E-state index is 0.0658. The highest BCUT2D eigenvalue weighted by Gasteiger charge is 2.13. The summed E-state index contributed by atoms with van der Waals surface area (Å²) in [5.41, 5.74) is 3.46. The summed E-state index contributed by atoms with van der Waals surface area (Å²) < 4.78 is 1.71. The van der Waals surface area contributed by atoms with Crippen LogP contribution in [0.2, 0.25) is 0 Å². The molecule has 22 heavy (non-hydrogen) atoms. The lowest BCUT2D eigenvalue weighted by atomic mass is 9.99. The average Bonchev–Trinajstić information content (AvgIpc) is 2.95. The van der Waals surface area contributed by atoms with Crippen LogP contribution in [0.25, 0.3) is 21.3 Å². The zero-order valence-corrected chi connectivity index (χ0v) is 14.0. The van der Waals surface area contributed by atoms with E-state index in [9.17, 15) is 4.79 Å². The number of rotatable bonds is 4. The standard InChI is InChI=1S/C18H20N2OS/c1-4-9-20-11-19-17-16(18(20)21)15(10-22-17)14-7-5-13(6-8-14)12(2)3/h5-8,10-12H,4,9H2,1-3H3. The van der Waals surface area contributed by atoms with Gasteiger partial charge < -0.3 is 0 Å². The fraction of sp³-hybridized carbons (Fsp3) is 0.333. The second-order valence-electron chi connectivity index (χ2n) is 5.85. The molecule has 114 valence electrons. The van der Waals surface area contributed by atoms with Crippen molar-refractivity contribution < 1.29 is 0 Å². The largest absolute Gasteiger partial charge is 0.299 e. The molecule has 0 unspecified atom stereocenters. The van der Waals surface area contributed by atoms with Crippen molar-refractivity contribution >= 4 is 21.6 Å². The number of hydrogen-bond acceptors (Lipinski definition) is 3. The first kappa shape index (κ1) is 15.0. The third-order valence-electron chi connectivity index (χ3n) is 3.91. The molecule has 0 saturated heterocycles. The summed E-state index contributed by atoms with van der Waals surface area (Å²) in [6.45, 7) is 7.14. The van der Waals surface area contributed by atoms with E-state index in [1.807, 2.05) is 5.38 Å². The van der Waals surface area contributed by atoms with Gasteiger partial charge in [-0.1, -0.05) is 45.0 Å². The minimum Gasteiger partial charge on any atom is -0.299 e. The second-order valence-corrected chi connectivity index (χ2v) is 6.71. The monoisotopic (exact) mass is 312 g/mol. The maximum atomic E-state index is 12.7. The van der Waals surface area contributed by atoms with Gasteiger partial charge in [0.05, 0.1) is 11.7 Å². The topological polar surface area (TPSA) is 34.9 Å². The zero-order valence-electron chi connectivity index (χ0n) is 13.2. The maximum absolute atomic E-state index is 12.7. The molecule has 0 fully saturated rings. The fourth-order valence-electron chi connectivity index (χ4n) is 2.63. The van der Waals surface area contributed by atoms with Crippen LogP contribution in [0.1, 0.15) is 38.7 Å². The van der Waals surface area contributed by atoms with Gasteiger partial charge in [0.25, 0.3) is 5.56 Å². The van der Waals surface area contributed by atoms with Crippen molar-refractivity contribution in [1.29, 1.82) is 0 Å². The quantitative estimate of drug-likeness (QED) is 0.702. The Hall–Kier alpha value is -1.94. The molecule has 2 heterocycles. The Labute approximate surface area is 134 Å². The van der Waals surface area contributed by atoms with Gasteiger partial charge in [-0.3, -0.25) is 9.36 Å². The first-order valence-corrected chi connectivity index (χ1v) is 8.56. The third kappa shape index (κ3) is 2.59. The van der Waals surface area contributed by atoms with Crippen LogP contribution in [0.3, 0.4) is 0 Å². The summed E-state index contributed by atoms with van der Waals surface area (Å²) in [4.78, 5) is 17.9. The Morgan fingerprint density at radius 1 is 1.23 bits per heavy atom. The molecule has 3 aromatic rings. The van der Waals surface area contributed by atoms with Gasteiger partial charge in [0.2, 0.25) is 0 Å². The van der Waals surface area contributed by atoms with Crippen LogP contribution in [-0.4, -0.2) is 9.55 Å². The molecule has 0 spiro atoms. The third-order valence-corrected chi connectivity index (χ3v) is 4.80. The van der Waals surface area contributed by atoms with Crippen molar-refractivity contribution in [2.24, 2.45) is 0 Å². The van der Waals surface area contributed by atoms with Gasteiger partial charge in [0, 0.05) is 17.5 Å². The van der Waals surface area contributed by atoms with Gasteiger partial charge in [-0.05, 0) is 23.5 Å². The first-order valence-electron chi connectivity index (χ1n) is 7.68. The molecule has 1 aromatic carbocycles. The number of benzene rings is 1. The van der Waals surface area contributed by atoms with Gasteiger partial charge in [-0.15, -0.1) is 11.3 Å². The highest BCUT2D eigenvalue weighted by molar-refractivity contribution is 7.17. The number of fused-ring (bicyclic) bond motifs is 1. The summed E-state index contributed by atoms with van der Waals surface area (Å²) in [6, 6.07) is 8.50. The molecule has 0 bridgehead atoms.